The normalized spacial score (nSPS) is 35.9. The van der Waals surface area contributed by atoms with Crippen LogP contribution >= 0.6 is 0 Å². The molecular formula is C20H23NO4. The van der Waals surface area contributed by atoms with E-state index < -0.39 is 5.60 Å². The Bertz CT molecular complexity index is 825. The molecule has 2 aromatic rings. The number of carbonyl (C=O) groups is 1. The number of aliphatic hydroxyl groups is 1. The van der Waals surface area contributed by atoms with Crippen molar-refractivity contribution >= 4 is 16.9 Å². The summed E-state index contributed by atoms with van der Waals surface area (Å²) < 4.78 is 11.1. The molecule has 4 aliphatic rings. The molecule has 0 aliphatic heterocycles. The Labute approximate surface area is 146 Å². The minimum absolute atomic E-state index is 0.152. The van der Waals surface area contributed by atoms with Gasteiger partial charge in [0.2, 0.25) is 0 Å². The van der Waals surface area contributed by atoms with Crippen LogP contribution in [0.25, 0.3) is 11.0 Å². The van der Waals surface area contributed by atoms with Gasteiger partial charge in [0.15, 0.2) is 17.1 Å². The summed E-state index contributed by atoms with van der Waals surface area (Å²) in [6.07, 6.45) is 4.83. The van der Waals surface area contributed by atoms with E-state index in [1.54, 1.807) is 13.2 Å². The molecule has 4 saturated carbocycles. The molecule has 25 heavy (non-hydrogen) atoms. The number of hydrogen-bond acceptors (Lipinski definition) is 4. The number of ether oxygens (including phenoxy) is 1. The summed E-state index contributed by atoms with van der Waals surface area (Å²) >= 11 is 0. The number of nitrogens with one attached hydrogen (secondary N) is 1. The van der Waals surface area contributed by atoms with Gasteiger partial charge in [-0.25, -0.2) is 0 Å². The fourth-order valence-electron chi connectivity index (χ4n) is 5.75. The van der Waals surface area contributed by atoms with E-state index in [9.17, 15) is 9.90 Å². The van der Waals surface area contributed by atoms with Crippen LogP contribution in [0, 0.1) is 17.8 Å². The van der Waals surface area contributed by atoms with Gasteiger partial charge in [0, 0.05) is 11.4 Å². The SMILES string of the molecule is COc1cccc2cc(C(=O)NC3[C@@H]4CC5C[C@H]3CC(O)(C5)C4)oc12. The van der Waals surface area contributed by atoms with Crippen LogP contribution in [0.2, 0.25) is 0 Å². The molecule has 5 atom stereocenters. The van der Waals surface area contributed by atoms with E-state index in [4.69, 9.17) is 9.15 Å². The van der Waals surface area contributed by atoms with E-state index in [1.807, 2.05) is 18.2 Å². The second-order valence-corrected chi connectivity index (χ2v) is 8.18. The smallest absolute Gasteiger partial charge is 0.287 e. The van der Waals surface area contributed by atoms with E-state index in [1.165, 1.54) is 0 Å². The summed E-state index contributed by atoms with van der Waals surface area (Å²) in [7, 11) is 1.59. The minimum atomic E-state index is -0.482. The quantitative estimate of drug-likeness (QED) is 0.900. The van der Waals surface area contributed by atoms with Crippen molar-refractivity contribution in [2.45, 2.75) is 43.7 Å². The molecule has 0 saturated heterocycles. The summed E-state index contributed by atoms with van der Waals surface area (Å²) in [6, 6.07) is 7.55. The van der Waals surface area contributed by atoms with Gasteiger partial charge in [-0.05, 0) is 62.0 Å². The van der Waals surface area contributed by atoms with Crippen LogP contribution in [0.4, 0.5) is 0 Å². The van der Waals surface area contributed by atoms with E-state index >= 15 is 0 Å². The highest BCUT2D eigenvalue weighted by Crippen LogP contribution is 2.55. The van der Waals surface area contributed by atoms with Crippen molar-refractivity contribution in [1.82, 2.24) is 5.32 Å². The van der Waals surface area contributed by atoms with Gasteiger partial charge in [0.25, 0.3) is 5.91 Å². The number of furan rings is 1. The van der Waals surface area contributed by atoms with Crippen LogP contribution in [0.1, 0.15) is 42.7 Å². The number of carbonyl (C=O) groups excluding carboxylic acids is 1. The summed E-state index contributed by atoms with van der Waals surface area (Å²) in [5, 5.41) is 14.8. The van der Waals surface area contributed by atoms with Gasteiger partial charge >= 0.3 is 0 Å². The first-order valence-corrected chi connectivity index (χ1v) is 9.14. The Morgan fingerprint density at radius 1 is 1.28 bits per heavy atom. The van der Waals surface area contributed by atoms with Crippen LogP contribution < -0.4 is 10.1 Å². The van der Waals surface area contributed by atoms with Gasteiger partial charge in [0.1, 0.15) is 0 Å². The Hall–Kier alpha value is -2.01. The molecule has 1 heterocycles. The number of hydrogen-bond donors (Lipinski definition) is 2. The lowest BCUT2D eigenvalue weighted by molar-refractivity contribution is -0.137. The molecule has 4 aliphatic carbocycles. The van der Waals surface area contributed by atoms with Crippen LogP contribution in [-0.4, -0.2) is 29.8 Å². The molecule has 5 heteroatoms. The lowest BCUT2D eigenvalue weighted by atomic mass is 9.52. The molecule has 132 valence electrons. The average molecular weight is 341 g/mol. The molecule has 4 bridgehead atoms. The van der Waals surface area contributed by atoms with E-state index in [0.717, 1.165) is 37.5 Å². The summed E-state index contributed by atoms with van der Waals surface area (Å²) in [4.78, 5) is 12.8. The van der Waals surface area contributed by atoms with Crippen molar-refractivity contribution in [1.29, 1.82) is 0 Å². The molecule has 6 rings (SSSR count). The van der Waals surface area contributed by atoms with Crippen LogP contribution in [0.5, 0.6) is 5.75 Å². The molecule has 2 N–H and O–H groups in total. The highest BCUT2D eigenvalue weighted by atomic mass is 16.5. The lowest BCUT2D eigenvalue weighted by Crippen LogP contribution is -2.61. The van der Waals surface area contributed by atoms with Crippen LogP contribution in [0.3, 0.4) is 0 Å². The Morgan fingerprint density at radius 2 is 2.04 bits per heavy atom. The fourth-order valence-corrected chi connectivity index (χ4v) is 5.75. The number of methoxy groups -OCH3 is 1. The first kappa shape index (κ1) is 15.3. The molecule has 4 fully saturated rings. The zero-order chi connectivity index (χ0) is 17.2. The highest BCUT2D eigenvalue weighted by Gasteiger charge is 2.55. The van der Waals surface area contributed by atoms with Gasteiger partial charge in [-0.1, -0.05) is 12.1 Å². The van der Waals surface area contributed by atoms with Crippen molar-refractivity contribution in [2.75, 3.05) is 7.11 Å². The Morgan fingerprint density at radius 3 is 2.72 bits per heavy atom. The summed E-state index contributed by atoms with van der Waals surface area (Å²) in [6.45, 7) is 0. The maximum atomic E-state index is 12.8. The Kier molecular flexibility index (Phi) is 3.20. The fraction of sp³-hybridized carbons (Fsp3) is 0.550. The van der Waals surface area contributed by atoms with Crippen molar-refractivity contribution in [2.24, 2.45) is 17.8 Å². The monoisotopic (exact) mass is 341 g/mol. The molecule has 0 spiro atoms. The first-order valence-electron chi connectivity index (χ1n) is 9.14. The molecule has 1 aromatic carbocycles. The van der Waals surface area contributed by atoms with Crippen LogP contribution in [0.15, 0.2) is 28.7 Å². The van der Waals surface area contributed by atoms with E-state index in [2.05, 4.69) is 5.32 Å². The van der Waals surface area contributed by atoms with Crippen LogP contribution in [-0.2, 0) is 0 Å². The maximum Gasteiger partial charge on any atom is 0.287 e. The second-order valence-electron chi connectivity index (χ2n) is 8.18. The average Bonchev–Trinajstić information content (AvgIpc) is 3.00. The van der Waals surface area contributed by atoms with Crippen molar-refractivity contribution in [3.8, 4) is 5.75 Å². The predicted molar refractivity (Wildman–Crippen MR) is 92.5 cm³/mol. The lowest BCUT2D eigenvalue weighted by Gasteiger charge is -2.58. The van der Waals surface area contributed by atoms with Crippen molar-refractivity contribution in [3.63, 3.8) is 0 Å². The van der Waals surface area contributed by atoms with Gasteiger partial charge in [0.05, 0.1) is 12.7 Å². The zero-order valence-corrected chi connectivity index (χ0v) is 14.3. The molecule has 1 aromatic heterocycles. The number of rotatable bonds is 3. The third kappa shape index (κ3) is 2.36. The number of fused-ring (bicyclic) bond motifs is 1. The van der Waals surface area contributed by atoms with E-state index in [-0.39, 0.29) is 11.9 Å². The molecule has 0 radical (unpaired) electrons. The minimum Gasteiger partial charge on any atom is -0.493 e. The van der Waals surface area contributed by atoms with Gasteiger partial charge in [-0.3, -0.25) is 4.79 Å². The molecular weight excluding hydrogens is 318 g/mol. The molecule has 5 nitrogen and oxygen atoms in total. The summed E-state index contributed by atoms with van der Waals surface area (Å²) in [5.74, 6) is 2.20. The summed E-state index contributed by atoms with van der Waals surface area (Å²) in [5.41, 5.74) is 0.124. The first-order chi connectivity index (χ1) is 12.0. The highest BCUT2D eigenvalue weighted by molar-refractivity contribution is 5.97. The van der Waals surface area contributed by atoms with Gasteiger partial charge < -0.3 is 19.6 Å². The zero-order valence-electron chi connectivity index (χ0n) is 14.3. The molecule has 3 unspecified atom stereocenters. The third-order valence-electron chi connectivity index (χ3n) is 6.49. The van der Waals surface area contributed by atoms with E-state index in [0.29, 0.717) is 34.8 Å². The third-order valence-corrected chi connectivity index (χ3v) is 6.49. The number of para-hydroxylation sites is 1. The largest absolute Gasteiger partial charge is 0.493 e. The number of benzene rings is 1. The Balaban J connectivity index is 1.39. The topological polar surface area (TPSA) is 71.7 Å². The van der Waals surface area contributed by atoms with Crippen molar-refractivity contribution in [3.05, 3.63) is 30.0 Å². The van der Waals surface area contributed by atoms with Crippen molar-refractivity contribution < 1.29 is 19.1 Å². The predicted octanol–water partition coefficient (Wildman–Crippen LogP) is 3.11. The van der Waals surface area contributed by atoms with Gasteiger partial charge in [-0.15, -0.1) is 0 Å². The second kappa shape index (κ2) is 5.24. The maximum absolute atomic E-state index is 12.8. The number of amides is 1. The van der Waals surface area contributed by atoms with Gasteiger partial charge in [-0.2, -0.15) is 0 Å². The standard InChI is InChI=1S/C20H23NO4/c1-24-15-4-2-3-12-7-16(25-18(12)15)19(22)21-17-13-5-11-6-14(17)10-20(23,8-11)9-13/h2-4,7,11,13-14,17,23H,5-6,8-10H2,1H3,(H,21,22)/t11?,13-,14+,17?,20?. The molecule has 1 amide bonds.